The first-order chi connectivity index (χ1) is 6.24. The van der Waals surface area contributed by atoms with Crippen molar-refractivity contribution in [3.05, 3.63) is 17.7 Å². The number of nitriles is 1. The molecule has 0 fully saturated rings. The Morgan fingerprint density at radius 2 is 2.00 bits per heavy atom. The molecular weight excluding hydrogens is 168 g/mol. The first-order valence-electron chi connectivity index (χ1n) is 3.65. The molecule has 0 bridgehead atoms. The molecule has 0 saturated heterocycles. The predicted octanol–water partition coefficient (Wildman–Crippen LogP) is 1.16. The number of benzene rings is 1. The molecule has 0 aliphatic rings. The molecule has 4 nitrogen and oxygen atoms in total. The van der Waals surface area contributed by atoms with Crippen molar-refractivity contribution in [3.8, 4) is 17.6 Å². The van der Waals surface area contributed by atoms with Gasteiger partial charge in [-0.2, -0.15) is 5.26 Å². The molecule has 0 aliphatic heterocycles. The van der Waals surface area contributed by atoms with Crippen LogP contribution in [0.5, 0.6) is 11.5 Å². The van der Waals surface area contributed by atoms with Gasteiger partial charge in [-0.1, -0.05) is 0 Å². The van der Waals surface area contributed by atoms with Crippen LogP contribution < -0.4 is 15.2 Å². The maximum absolute atomic E-state index is 8.68. The van der Waals surface area contributed by atoms with Gasteiger partial charge in [0.05, 0.1) is 25.5 Å². The topological polar surface area (TPSA) is 68.3 Å². The molecular formula is C9H10N2O2. The number of nitrogens with zero attached hydrogens (tertiary/aromatic N) is 1. The Bertz CT molecular complexity index is 355. The van der Waals surface area contributed by atoms with Crippen LogP contribution >= 0.6 is 0 Å². The molecule has 0 atom stereocenters. The van der Waals surface area contributed by atoms with E-state index in [4.69, 9.17) is 20.5 Å². The standard InChI is InChI=1S/C9H10N2O2/c1-12-7-4-3-6(5-10)8(11)9(7)13-2/h3-4H,11H2,1-2H3. The molecule has 0 radical (unpaired) electrons. The third-order valence-electron chi connectivity index (χ3n) is 1.70. The third-order valence-corrected chi connectivity index (χ3v) is 1.70. The van der Waals surface area contributed by atoms with Crippen molar-refractivity contribution in [1.29, 1.82) is 5.26 Å². The van der Waals surface area contributed by atoms with Gasteiger partial charge in [-0.3, -0.25) is 0 Å². The van der Waals surface area contributed by atoms with Crippen molar-refractivity contribution in [1.82, 2.24) is 0 Å². The highest BCUT2D eigenvalue weighted by Gasteiger charge is 2.10. The molecule has 13 heavy (non-hydrogen) atoms. The first-order valence-corrected chi connectivity index (χ1v) is 3.65. The van der Waals surface area contributed by atoms with Gasteiger partial charge in [-0.25, -0.2) is 0 Å². The van der Waals surface area contributed by atoms with Gasteiger partial charge in [0.25, 0.3) is 0 Å². The second-order valence-corrected chi connectivity index (χ2v) is 2.37. The van der Waals surface area contributed by atoms with Gasteiger partial charge in [-0.15, -0.1) is 0 Å². The molecule has 0 unspecified atom stereocenters. The molecule has 0 aromatic heterocycles. The summed E-state index contributed by atoms with van der Waals surface area (Å²) in [6.45, 7) is 0. The van der Waals surface area contributed by atoms with E-state index in [0.717, 1.165) is 0 Å². The molecule has 0 spiro atoms. The number of nitrogens with two attached hydrogens (primary N) is 1. The van der Waals surface area contributed by atoms with E-state index < -0.39 is 0 Å². The van der Waals surface area contributed by atoms with Crippen LogP contribution in [0.25, 0.3) is 0 Å². The minimum atomic E-state index is 0.310. The van der Waals surface area contributed by atoms with Crippen LogP contribution in [0.3, 0.4) is 0 Å². The fraction of sp³-hybridized carbons (Fsp3) is 0.222. The summed E-state index contributed by atoms with van der Waals surface area (Å²) < 4.78 is 10.0. The lowest BCUT2D eigenvalue weighted by Crippen LogP contribution is -1.98. The summed E-state index contributed by atoms with van der Waals surface area (Å²) >= 11 is 0. The summed E-state index contributed by atoms with van der Waals surface area (Å²) in [7, 11) is 3.00. The van der Waals surface area contributed by atoms with Gasteiger partial charge in [0.15, 0.2) is 11.5 Å². The lowest BCUT2D eigenvalue weighted by molar-refractivity contribution is 0.356. The van der Waals surface area contributed by atoms with Crippen LogP contribution in [-0.2, 0) is 0 Å². The smallest absolute Gasteiger partial charge is 0.185 e. The fourth-order valence-electron chi connectivity index (χ4n) is 1.05. The summed E-state index contributed by atoms with van der Waals surface area (Å²) in [5, 5.41) is 8.68. The van der Waals surface area contributed by atoms with Gasteiger partial charge in [0.2, 0.25) is 0 Å². The second kappa shape index (κ2) is 3.68. The van der Waals surface area contributed by atoms with Crippen molar-refractivity contribution < 1.29 is 9.47 Å². The minimum absolute atomic E-state index is 0.310. The molecule has 0 amide bonds. The molecule has 1 rings (SSSR count). The summed E-state index contributed by atoms with van der Waals surface area (Å²) in [5.41, 5.74) is 6.35. The third kappa shape index (κ3) is 1.49. The SMILES string of the molecule is COc1ccc(C#N)c(N)c1OC. The van der Waals surface area contributed by atoms with E-state index in [1.54, 1.807) is 12.1 Å². The quantitative estimate of drug-likeness (QED) is 0.690. The van der Waals surface area contributed by atoms with Crippen LogP contribution in [0.4, 0.5) is 5.69 Å². The predicted molar refractivity (Wildman–Crippen MR) is 48.7 cm³/mol. The van der Waals surface area contributed by atoms with Crippen LogP contribution in [-0.4, -0.2) is 14.2 Å². The highest BCUT2D eigenvalue weighted by molar-refractivity contribution is 5.68. The van der Waals surface area contributed by atoms with E-state index in [1.165, 1.54) is 14.2 Å². The van der Waals surface area contributed by atoms with Gasteiger partial charge in [0, 0.05) is 0 Å². The number of hydrogen-bond acceptors (Lipinski definition) is 4. The molecule has 0 saturated carbocycles. The summed E-state index contributed by atoms with van der Waals surface area (Å²) in [6.07, 6.45) is 0. The Labute approximate surface area is 76.5 Å². The lowest BCUT2D eigenvalue weighted by Gasteiger charge is -2.10. The maximum Gasteiger partial charge on any atom is 0.185 e. The minimum Gasteiger partial charge on any atom is -0.493 e. The maximum atomic E-state index is 8.68. The monoisotopic (exact) mass is 178 g/mol. The molecule has 0 aliphatic carbocycles. The van der Waals surface area contributed by atoms with E-state index >= 15 is 0 Å². The number of anilines is 1. The van der Waals surface area contributed by atoms with Gasteiger partial charge < -0.3 is 15.2 Å². The van der Waals surface area contributed by atoms with Crippen LogP contribution in [0.1, 0.15) is 5.56 Å². The Morgan fingerprint density at radius 1 is 1.31 bits per heavy atom. The van der Waals surface area contributed by atoms with E-state index in [9.17, 15) is 0 Å². The van der Waals surface area contributed by atoms with Crippen molar-refractivity contribution in [2.45, 2.75) is 0 Å². The van der Waals surface area contributed by atoms with Gasteiger partial charge >= 0.3 is 0 Å². The number of methoxy groups -OCH3 is 2. The summed E-state index contributed by atoms with van der Waals surface area (Å²) in [4.78, 5) is 0. The molecule has 0 heterocycles. The Morgan fingerprint density at radius 3 is 2.46 bits per heavy atom. The molecule has 68 valence electrons. The normalized spacial score (nSPS) is 9.00. The Kier molecular flexibility index (Phi) is 2.60. The zero-order valence-electron chi connectivity index (χ0n) is 7.50. The molecule has 2 N–H and O–H groups in total. The van der Waals surface area contributed by atoms with Crippen LogP contribution in [0.2, 0.25) is 0 Å². The Hall–Kier alpha value is -1.89. The van der Waals surface area contributed by atoms with E-state index in [2.05, 4.69) is 0 Å². The summed E-state index contributed by atoms with van der Waals surface area (Å²) in [5.74, 6) is 0.931. The number of ether oxygens (including phenoxy) is 2. The zero-order valence-corrected chi connectivity index (χ0v) is 7.50. The van der Waals surface area contributed by atoms with Crippen LogP contribution in [0, 0.1) is 11.3 Å². The largest absolute Gasteiger partial charge is 0.493 e. The summed E-state index contributed by atoms with van der Waals surface area (Å²) in [6, 6.07) is 5.20. The molecule has 1 aromatic carbocycles. The number of hydrogen-bond donors (Lipinski definition) is 1. The van der Waals surface area contributed by atoms with Crippen LogP contribution in [0.15, 0.2) is 12.1 Å². The lowest BCUT2D eigenvalue weighted by atomic mass is 10.1. The average molecular weight is 178 g/mol. The van der Waals surface area contributed by atoms with Gasteiger partial charge in [-0.05, 0) is 12.1 Å². The molecule has 1 aromatic rings. The fourth-order valence-corrected chi connectivity index (χ4v) is 1.05. The van der Waals surface area contributed by atoms with Crippen molar-refractivity contribution in [2.24, 2.45) is 0 Å². The van der Waals surface area contributed by atoms with Crippen molar-refractivity contribution in [3.63, 3.8) is 0 Å². The first kappa shape index (κ1) is 9.20. The molecule has 4 heteroatoms. The van der Waals surface area contributed by atoms with E-state index in [-0.39, 0.29) is 0 Å². The van der Waals surface area contributed by atoms with Crippen molar-refractivity contribution in [2.75, 3.05) is 20.0 Å². The Balaban J connectivity index is 3.34. The number of rotatable bonds is 2. The van der Waals surface area contributed by atoms with Gasteiger partial charge in [0.1, 0.15) is 6.07 Å². The highest BCUT2D eigenvalue weighted by Crippen LogP contribution is 2.34. The average Bonchev–Trinajstić information content (AvgIpc) is 2.17. The second-order valence-electron chi connectivity index (χ2n) is 2.37. The zero-order chi connectivity index (χ0) is 9.84. The van der Waals surface area contributed by atoms with Crippen molar-refractivity contribution >= 4 is 5.69 Å². The van der Waals surface area contributed by atoms with E-state index in [0.29, 0.717) is 22.7 Å². The highest BCUT2D eigenvalue weighted by atomic mass is 16.5. The van der Waals surface area contributed by atoms with E-state index in [1.807, 2.05) is 6.07 Å². The number of nitrogen functional groups attached to an aromatic ring is 1.